The molecule has 0 spiro atoms. The second kappa shape index (κ2) is 6.52. The third-order valence-electron chi connectivity index (χ3n) is 3.65. The number of ether oxygens (including phenoxy) is 2. The lowest BCUT2D eigenvalue weighted by molar-refractivity contribution is 0.391. The predicted molar refractivity (Wildman–Crippen MR) is 91.1 cm³/mol. The molecule has 3 rings (SSSR count). The van der Waals surface area contributed by atoms with Crippen molar-refractivity contribution in [3.63, 3.8) is 0 Å². The third-order valence-corrected chi connectivity index (χ3v) is 3.65. The molecule has 0 bridgehead atoms. The number of hydrogen-bond acceptors (Lipinski definition) is 5. The van der Waals surface area contributed by atoms with Crippen molar-refractivity contribution in [3.8, 4) is 11.5 Å². The van der Waals surface area contributed by atoms with Gasteiger partial charge in [0.1, 0.15) is 17.3 Å². The molecule has 0 aliphatic rings. The van der Waals surface area contributed by atoms with Gasteiger partial charge in [0.05, 0.1) is 31.4 Å². The molecule has 0 unspecified atom stereocenters. The van der Waals surface area contributed by atoms with Crippen LogP contribution < -0.4 is 14.8 Å². The highest BCUT2D eigenvalue weighted by Gasteiger charge is 2.06. The average molecular weight is 309 g/mol. The minimum Gasteiger partial charge on any atom is -0.497 e. The van der Waals surface area contributed by atoms with Crippen LogP contribution in [0, 0.1) is 6.92 Å². The van der Waals surface area contributed by atoms with E-state index in [1.807, 2.05) is 43.3 Å². The van der Waals surface area contributed by atoms with Crippen LogP contribution in [0.15, 0.2) is 42.6 Å². The second-order valence-electron chi connectivity index (χ2n) is 5.28. The largest absolute Gasteiger partial charge is 0.497 e. The molecule has 118 valence electrons. The van der Waals surface area contributed by atoms with Crippen LogP contribution in [-0.2, 0) is 6.54 Å². The van der Waals surface area contributed by atoms with E-state index in [4.69, 9.17) is 9.47 Å². The molecule has 0 saturated heterocycles. The highest BCUT2D eigenvalue weighted by molar-refractivity contribution is 5.76. The summed E-state index contributed by atoms with van der Waals surface area (Å²) in [6.07, 6.45) is 1.74. The molecule has 0 amide bonds. The maximum atomic E-state index is 5.41. The number of hydrogen-bond donors (Lipinski definition) is 1. The third kappa shape index (κ3) is 3.34. The van der Waals surface area contributed by atoms with Gasteiger partial charge in [-0.1, -0.05) is 6.07 Å². The van der Waals surface area contributed by atoms with E-state index in [1.54, 1.807) is 20.4 Å². The first-order valence-corrected chi connectivity index (χ1v) is 7.38. The summed E-state index contributed by atoms with van der Waals surface area (Å²) in [4.78, 5) is 9.03. The highest BCUT2D eigenvalue weighted by atomic mass is 16.5. The molecule has 0 saturated carbocycles. The molecular weight excluding hydrogens is 290 g/mol. The van der Waals surface area contributed by atoms with Gasteiger partial charge in [-0.15, -0.1) is 0 Å². The Kier molecular flexibility index (Phi) is 4.28. The number of anilines is 1. The summed E-state index contributed by atoms with van der Waals surface area (Å²) < 4.78 is 10.6. The lowest BCUT2D eigenvalue weighted by atomic mass is 10.2. The SMILES string of the molecule is COc1ccc(CNc2cnc3ccc(C)cc3n2)c(OC)c1. The predicted octanol–water partition coefficient (Wildman–Crippen LogP) is 3.57. The summed E-state index contributed by atoms with van der Waals surface area (Å²) in [6.45, 7) is 2.64. The zero-order chi connectivity index (χ0) is 16.2. The molecule has 0 atom stereocenters. The molecule has 0 aliphatic carbocycles. The number of nitrogens with zero attached hydrogens (tertiary/aromatic N) is 2. The van der Waals surface area contributed by atoms with Crippen molar-refractivity contribution in [2.45, 2.75) is 13.5 Å². The number of aromatic nitrogens is 2. The number of fused-ring (bicyclic) bond motifs is 1. The van der Waals surface area contributed by atoms with E-state index >= 15 is 0 Å². The number of benzene rings is 2. The van der Waals surface area contributed by atoms with Gasteiger partial charge in [0.25, 0.3) is 0 Å². The summed E-state index contributed by atoms with van der Waals surface area (Å²) in [7, 11) is 3.29. The van der Waals surface area contributed by atoms with Crippen LogP contribution in [0.1, 0.15) is 11.1 Å². The van der Waals surface area contributed by atoms with Gasteiger partial charge in [0, 0.05) is 18.2 Å². The Hall–Kier alpha value is -2.82. The Morgan fingerprint density at radius 2 is 1.87 bits per heavy atom. The Morgan fingerprint density at radius 3 is 2.65 bits per heavy atom. The van der Waals surface area contributed by atoms with Crippen LogP contribution in [0.4, 0.5) is 5.82 Å². The van der Waals surface area contributed by atoms with E-state index in [0.717, 1.165) is 33.9 Å². The van der Waals surface area contributed by atoms with Crippen LogP contribution in [0.2, 0.25) is 0 Å². The fraction of sp³-hybridized carbons (Fsp3) is 0.222. The number of aryl methyl sites for hydroxylation is 1. The monoisotopic (exact) mass is 309 g/mol. The lowest BCUT2D eigenvalue weighted by Gasteiger charge is -2.12. The number of rotatable bonds is 5. The molecule has 1 aromatic heterocycles. The Bertz CT molecular complexity index is 834. The summed E-state index contributed by atoms with van der Waals surface area (Å²) in [6, 6.07) is 11.8. The molecular formula is C18H19N3O2. The molecule has 1 heterocycles. The topological polar surface area (TPSA) is 56.3 Å². The fourth-order valence-electron chi connectivity index (χ4n) is 2.39. The maximum absolute atomic E-state index is 5.41. The van der Waals surface area contributed by atoms with Gasteiger partial charge in [-0.05, 0) is 36.8 Å². The number of nitrogens with one attached hydrogen (secondary N) is 1. The zero-order valence-corrected chi connectivity index (χ0v) is 13.5. The Labute approximate surface area is 135 Å². The smallest absolute Gasteiger partial charge is 0.145 e. The van der Waals surface area contributed by atoms with E-state index in [9.17, 15) is 0 Å². The van der Waals surface area contributed by atoms with Crippen LogP contribution >= 0.6 is 0 Å². The summed E-state index contributed by atoms with van der Waals surface area (Å²) in [5.74, 6) is 2.29. The van der Waals surface area contributed by atoms with Crippen LogP contribution in [0.5, 0.6) is 11.5 Å². The van der Waals surface area contributed by atoms with Crippen LogP contribution in [-0.4, -0.2) is 24.2 Å². The minimum absolute atomic E-state index is 0.596. The van der Waals surface area contributed by atoms with Gasteiger partial charge in [-0.25, -0.2) is 4.98 Å². The lowest BCUT2D eigenvalue weighted by Crippen LogP contribution is -2.04. The van der Waals surface area contributed by atoms with Crippen molar-refractivity contribution in [2.75, 3.05) is 19.5 Å². The maximum Gasteiger partial charge on any atom is 0.145 e. The zero-order valence-electron chi connectivity index (χ0n) is 13.5. The van der Waals surface area contributed by atoms with Crippen LogP contribution in [0.25, 0.3) is 11.0 Å². The highest BCUT2D eigenvalue weighted by Crippen LogP contribution is 2.25. The molecule has 23 heavy (non-hydrogen) atoms. The fourth-order valence-corrected chi connectivity index (χ4v) is 2.39. The average Bonchev–Trinajstić information content (AvgIpc) is 2.59. The first kappa shape index (κ1) is 15.1. The Morgan fingerprint density at radius 1 is 1.00 bits per heavy atom. The van der Waals surface area contributed by atoms with Gasteiger partial charge in [0.15, 0.2) is 0 Å². The Balaban J connectivity index is 1.80. The van der Waals surface area contributed by atoms with Crippen molar-refractivity contribution in [1.82, 2.24) is 9.97 Å². The van der Waals surface area contributed by atoms with Gasteiger partial charge in [-0.3, -0.25) is 4.98 Å². The normalized spacial score (nSPS) is 10.6. The van der Waals surface area contributed by atoms with Gasteiger partial charge >= 0.3 is 0 Å². The quantitative estimate of drug-likeness (QED) is 0.781. The number of methoxy groups -OCH3 is 2. The molecule has 5 heteroatoms. The van der Waals surface area contributed by atoms with Crippen molar-refractivity contribution in [2.24, 2.45) is 0 Å². The molecule has 0 aliphatic heterocycles. The van der Waals surface area contributed by atoms with E-state index in [2.05, 4.69) is 15.3 Å². The molecule has 3 aromatic rings. The minimum atomic E-state index is 0.596. The second-order valence-corrected chi connectivity index (χ2v) is 5.28. The molecule has 0 radical (unpaired) electrons. The molecule has 0 fully saturated rings. The van der Waals surface area contributed by atoms with E-state index in [0.29, 0.717) is 6.54 Å². The first-order chi connectivity index (χ1) is 11.2. The standard InChI is InChI=1S/C18H19N3O2/c1-12-4-7-15-16(8-12)21-18(11-19-15)20-10-13-5-6-14(22-2)9-17(13)23-3/h4-9,11H,10H2,1-3H3,(H,20,21). The molecule has 5 nitrogen and oxygen atoms in total. The van der Waals surface area contributed by atoms with Crippen LogP contribution in [0.3, 0.4) is 0 Å². The van der Waals surface area contributed by atoms with Crippen molar-refractivity contribution >= 4 is 16.9 Å². The van der Waals surface area contributed by atoms with Crippen molar-refractivity contribution < 1.29 is 9.47 Å². The summed E-state index contributed by atoms with van der Waals surface area (Å²) in [5, 5.41) is 3.29. The summed E-state index contributed by atoms with van der Waals surface area (Å²) >= 11 is 0. The van der Waals surface area contributed by atoms with Gasteiger partial charge < -0.3 is 14.8 Å². The van der Waals surface area contributed by atoms with Gasteiger partial charge in [0.2, 0.25) is 0 Å². The van der Waals surface area contributed by atoms with Crippen molar-refractivity contribution in [1.29, 1.82) is 0 Å². The van der Waals surface area contributed by atoms with Crippen molar-refractivity contribution in [3.05, 3.63) is 53.7 Å². The van der Waals surface area contributed by atoms with E-state index < -0.39 is 0 Å². The van der Waals surface area contributed by atoms with E-state index in [-0.39, 0.29) is 0 Å². The van der Waals surface area contributed by atoms with Gasteiger partial charge in [-0.2, -0.15) is 0 Å². The summed E-state index contributed by atoms with van der Waals surface area (Å²) in [5.41, 5.74) is 3.97. The molecule has 2 aromatic carbocycles. The molecule has 1 N–H and O–H groups in total. The van der Waals surface area contributed by atoms with E-state index in [1.165, 1.54) is 5.56 Å². The first-order valence-electron chi connectivity index (χ1n) is 7.38.